The molecule has 2 N–H and O–H groups in total. The molecule has 4 nitrogen and oxygen atoms in total. The third-order valence-electron chi connectivity index (χ3n) is 3.85. The number of nitrogens with one attached hydrogen (secondary N) is 1. The maximum absolute atomic E-state index is 13.5. The fourth-order valence-electron chi connectivity index (χ4n) is 2.64. The fraction of sp³-hybridized carbons (Fsp3) is 0.438. The van der Waals surface area contributed by atoms with Gasteiger partial charge in [-0.05, 0) is 36.6 Å². The number of ether oxygens (including phenoxy) is 1. The lowest BCUT2D eigenvalue weighted by molar-refractivity contribution is -0.118. The molecule has 0 saturated heterocycles. The molecule has 0 aliphatic heterocycles. The Morgan fingerprint density at radius 1 is 1.48 bits per heavy atom. The predicted octanol–water partition coefficient (Wildman–Crippen LogP) is 2.27. The third-order valence-corrected chi connectivity index (χ3v) is 3.85. The summed E-state index contributed by atoms with van der Waals surface area (Å²) in [5.74, 6) is -0.577. The molecule has 1 aliphatic carbocycles. The zero-order chi connectivity index (χ0) is 15.3. The second-order valence-corrected chi connectivity index (χ2v) is 5.36. The summed E-state index contributed by atoms with van der Waals surface area (Å²) in [4.78, 5) is 11.9. The van der Waals surface area contributed by atoms with Crippen molar-refractivity contribution in [1.29, 1.82) is 0 Å². The lowest BCUT2D eigenvalue weighted by Crippen LogP contribution is -2.48. The molecule has 21 heavy (non-hydrogen) atoms. The Labute approximate surface area is 123 Å². The van der Waals surface area contributed by atoms with E-state index in [0.29, 0.717) is 5.56 Å². The molecular formula is C16H20FNO3. The first-order valence-electron chi connectivity index (χ1n) is 7.03. The second-order valence-electron chi connectivity index (χ2n) is 5.36. The van der Waals surface area contributed by atoms with Crippen LogP contribution in [0, 0.1) is 5.82 Å². The van der Waals surface area contributed by atoms with Gasteiger partial charge in [0, 0.05) is 6.08 Å². The van der Waals surface area contributed by atoms with Gasteiger partial charge in [-0.25, -0.2) is 4.39 Å². The first kappa shape index (κ1) is 15.5. The Balaban J connectivity index is 2.00. The van der Waals surface area contributed by atoms with E-state index in [1.807, 2.05) is 0 Å². The van der Waals surface area contributed by atoms with Gasteiger partial charge in [-0.3, -0.25) is 4.79 Å². The molecule has 0 aromatic heterocycles. The van der Waals surface area contributed by atoms with Crippen LogP contribution in [0.15, 0.2) is 24.3 Å². The van der Waals surface area contributed by atoms with Crippen LogP contribution in [0.1, 0.15) is 31.2 Å². The Hall–Kier alpha value is -1.88. The van der Waals surface area contributed by atoms with Crippen LogP contribution < -0.4 is 10.1 Å². The van der Waals surface area contributed by atoms with Crippen LogP contribution in [0.5, 0.6) is 5.75 Å². The molecule has 2 rings (SSSR count). The Morgan fingerprint density at radius 2 is 2.19 bits per heavy atom. The summed E-state index contributed by atoms with van der Waals surface area (Å²) in [7, 11) is 1.40. The Kier molecular flexibility index (Phi) is 4.96. The van der Waals surface area contributed by atoms with Gasteiger partial charge in [0.1, 0.15) is 0 Å². The number of benzene rings is 1. The Morgan fingerprint density at radius 3 is 2.76 bits per heavy atom. The number of halogens is 1. The predicted molar refractivity (Wildman–Crippen MR) is 78.4 cm³/mol. The molecule has 0 atom stereocenters. The van der Waals surface area contributed by atoms with Crippen LogP contribution in [-0.2, 0) is 4.79 Å². The first-order valence-corrected chi connectivity index (χ1v) is 7.03. The quantitative estimate of drug-likeness (QED) is 0.819. The molecule has 0 bridgehead atoms. The van der Waals surface area contributed by atoms with Gasteiger partial charge >= 0.3 is 0 Å². The van der Waals surface area contributed by atoms with Crippen molar-refractivity contribution in [3.63, 3.8) is 0 Å². The summed E-state index contributed by atoms with van der Waals surface area (Å²) in [6.45, 7) is -0.0518. The van der Waals surface area contributed by atoms with Crippen LogP contribution in [0.2, 0.25) is 0 Å². The van der Waals surface area contributed by atoms with E-state index >= 15 is 0 Å². The molecule has 1 aromatic carbocycles. The van der Waals surface area contributed by atoms with E-state index in [1.165, 1.54) is 31.4 Å². The number of carbonyl (C=O) groups is 1. The number of amides is 1. The highest BCUT2D eigenvalue weighted by atomic mass is 19.1. The molecule has 0 radical (unpaired) electrons. The zero-order valence-corrected chi connectivity index (χ0v) is 12.1. The Bertz CT molecular complexity index is 536. The van der Waals surface area contributed by atoms with E-state index < -0.39 is 11.4 Å². The monoisotopic (exact) mass is 293 g/mol. The molecule has 1 aliphatic rings. The van der Waals surface area contributed by atoms with Gasteiger partial charge in [-0.2, -0.15) is 0 Å². The van der Waals surface area contributed by atoms with Gasteiger partial charge in [-0.1, -0.05) is 18.9 Å². The summed E-state index contributed by atoms with van der Waals surface area (Å²) in [6.07, 6.45) is 6.50. The van der Waals surface area contributed by atoms with Crippen molar-refractivity contribution < 1.29 is 19.0 Å². The lowest BCUT2D eigenvalue weighted by Gasteiger charge is -2.27. The molecule has 5 heteroatoms. The molecule has 1 saturated carbocycles. The van der Waals surface area contributed by atoms with Crippen LogP contribution >= 0.6 is 0 Å². The largest absolute Gasteiger partial charge is 0.494 e. The lowest BCUT2D eigenvalue weighted by atomic mass is 9.99. The summed E-state index contributed by atoms with van der Waals surface area (Å²) in [6, 6.07) is 4.49. The van der Waals surface area contributed by atoms with Crippen molar-refractivity contribution >= 4 is 12.0 Å². The minimum atomic E-state index is -0.493. The number of methoxy groups -OCH3 is 1. The maximum atomic E-state index is 13.5. The van der Waals surface area contributed by atoms with Crippen molar-refractivity contribution in [2.75, 3.05) is 13.7 Å². The fourth-order valence-corrected chi connectivity index (χ4v) is 2.64. The van der Waals surface area contributed by atoms with Gasteiger partial charge in [-0.15, -0.1) is 0 Å². The number of hydrogen-bond donors (Lipinski definition) is 2. The minimum absolute atomic E-state index is 0.0518. The highest BCUT2D eigenvalue weighted by molar-refractivity contribution is 5.92. The van der Waals surface area contributed by atoms with Gasteiger partial charge in [0.25, 0.3) is 0 Å². The average molecular weight is 293 g/mol. The summed E-state index contributed by atoms with van der Waals surface area (Å²) in [5.41, 5.74) is 0.0833. The van der Waals surface area contributed by atoms with Gasteiger partial charge in [0.05, 0.1) is 19.3 Å². The average Bonchev–Trinajstić information content (AvgIpc) is 2.94. The van der Waals surface area contributed by atoms with E-state index in [4.69, 9.17) is 4.74 Å². The smallest absolute Gasteiger partial charge is 0.244 e. The zero-order valence-electron chi connectivity index (χ0n) is 12.1. The van der Waals surface area contributed by atoms with E-state index in [-0.39, 0.29) is 18.3 Å². The maximum Gasteiger partial charge on any atom is 0.244 e. The summed E-state index contributed by atoms with van der Waals surface area (Å²) >= 11 is 0. The van der Waals surface area contributed by atoms with Gasteiger partial charge in [0.2, 0.25) is 5.91 Å². The molecule has 0 unspecified atom stereocenters. The number of carbonyl (C=O) groups excluding carboxylic acids is 1. The van der Waals surface area contributed by atoms with Crippen molar-refractivity contribution in [1.82, 2.24) is 5.32 Å². The molecule has 0 spiro atoms. The van der Waals surface area contributed by atoms with E-state index in [9.17, 15) is 14.3 Å². The first-order chi connectivity index (χ1) is 10.1. The number of hydrogen-bond acceptors (Lipinski definition) is 3. The molecule has 1 amide bonds. The van der Waals surface area contributed by atoms with Crippen molar-refractivity contribution in [2.45, 2.75) is 31.2 Å². The molecule has 1 fully saturated rings. The van der Waals surface area contributed by atoms with Crippen LogP contribution in [-0.4, -0.2) is 30.3 Å². The highest BCUT2D eigenvalue weighted by Gasteiger charge is 2.33. The van der Waals surface area contributed by atoms with Crippen molar-refractivity contribution in [3.8, 4) is 5.75 Å². The minimum Gasteiger partial charge on any atom is -0.494 e. The van der Waals surface area contributed by atoms with E-state index in [2.05, 4.69) is 5.32 Å². The molecule has 114 valence electrons. The van der Waals surface area contributed by atoms with Crippen LogP contribution in [0.3, 0.4) is 0 Å². The number of aliphatic hydroxyl groups excluding tert-OH is 1. The SMILES string of the molecule is COc1ccc(/C=C/C(=O)NC2(CO)CCCC2)cc1F. The molecule has 1 aromatic rings. The second kappa shape index (κ2) is 6.72. The number of rotatable bonds is 5. The molecule has 0 heterocycles. The van der Waals surface area contributed by atoms with Crippen LogP contribution in [0.4, 0.5) is 4.39 Å². The van der Waals surface area contributed by atoms with E-state index in [1.54, 1.807) is 6.07 Å². The van der Waals surface area contributed by atoms with Crippen LogP contribution in [0.25, 0.3) is 6.08 Å². The molecular weight excluding hydrogens is 273 g/mol. The van der Waals surface area contributed by atoms with E-state index in [0.717, 1.165) is 25.7 Å². The van der Waals surface area contributed by atoms with Gasteiger partial charge in [0.15, 0.2) is 11.6 Å². The number of aliphatic hydroxyl groups is 1. The summed E-state index contributed by atoms with van der Waals surface area (Å²) in [5, 5.41) is 12.3. The normalized spacial score (nSPS) is 17.1. The topological polar surface area (TPSA) is 58.6 Å². The van der Waals surface area contributed by atoms with Gasteiger partial charge < -0.3 is 15.2 Å². The standard InChI is InChI=1S/C16H20FNO3/c1-21-14-6-4-12(10-13(14)17)5-7-15(20)18-16(11-19)8-2-3-9-16/h4-7,10,19H,2-3,8-9,11H2,1H3,(H,18,20)/b7-5+. The third kappa shape index (κ3) is 3.82. The summed E-state index contributed by atoms with van der Waals surface area (Å²) < 4.78 is 18.4. The van der Waals surface area contributed by atoms with Crippen molar-refractivity contribution in [2.24, 2.45) is 0 Å². The highest BCUT2D eigenvalue weighted by Crippen LogP contribution is 2.29. The van der Waals surface area contributed by atoms with Crippen molar-refractivity contribution in [3.05, 3.63) is 35.7 Å².